The van der Waals surface area contributed by atoms with Gasteiger partial charge in [-0.05, 0) is 17.7 Å². The van der Waals surface area contributed by atoms with Crippen LogP contribution < -0.4 is 5.32 Å². The van der Waals surface area contributed by atoms with Crippen molar-refractivity contribution < 1.29 is 9.59 Å². The lowest BCUT2D eigenvalue weighted by atomic mass is 9.86. The Morgan fingerprint density at radius 2 is 1.50 bits per heavy atom. The lowest BCUT2D eigenvalue weighted by molar-refractivity contribution is -0.116. The van der Waals surface area contributed by atoms with Gasteiger partial charge in [0.2, 0.25) is 5.91 Å². The van der Waals surface area contributed by atoms with E-state index in [0.717, 1.165) is 5.56 Å². The second-order valence-electron chi connectivity index (χ2n) is 4.24. The Labute approximate surface area is 104 Å². The second kappa shape index (κ2) is 4.11. The van der Waals surface area contributed by atoms with E-state index in [9.17, 15) is 9.59 Å². The van der Waals surface area contributed by atoms with Crippen LogP contribution in [0.2, 0.25) is 0 Å². The molecule has 1 aliphatic rings. The summed E-state index contributed by atoms with van der Waals surface area (Å²) in [6.45, 7) is 0. The number of ketones is 1. The van der Waals surface area contributed by atoms with E-state index in [0.29, 0.717) is 11.3 Å². The number of hydrogen-bond donors (Lipinski definition) is 1. The first kappa shape index (κ1) is 10.7. The number of anilines is 1. The number of hydrogen-bond acceptors (Lipinski definition) is 2. The van der Waals surface area contributed by atoms with Gasteiger partial charge in [-0.1, -0.05) is 42.5 Å². The second-order valence-corrected chi connectivity index (χ2v) is 4.24. The molecule has 0 spiro atoms. The predicted octanol–water partition coefficient (Wildman–Crippen LogP) is 2.61. The maximum absolute atomic E-state index is 12.4. The highest BCUT2D eigenvalue weighted by Crippen LogP contribution is 2.30. The molecule has 18 heavy (non-hydrogen) atoms. The third-order valence-electron chi connectivity index (χ3n) is 3.11. The molecule has 2 aromatic carbocycles. The molecule has 1 N–H and O–H groups in total. The van der Waals surface area contributed by atoms with E-state index in [4.69, 9.17) is 0 Å². The van der Waals surface area contributed by atoms with Gasteiger partial charge in [0.15, 0.2) is 5.78 Å². The first-order valence-corrected chi connectivity index (χ1v) is 5.76. The molecule has 3 rings (SSSR count). The van der Waals surface area contributed by atoms with E-state index < -0.39 is 5.92 Å². The van der Waals surface area contributed by atoms with Crippen LogP contribution in [0.5, 0.6) is 0 Å². The highest BCUT2D eigenvalue weighted by molar-refractivity contribution is 6.24. The van der Waals surface area contributed by atoms with Crippen LogP contribution in [0.25, 0.3) is 0 Å². The smallest absolute Gasteiger partial charge is 0.239 e. The highest BCUT2D eigenvalue weighted by Gasteiger charge is 2.34. The van der Waals surface area contributed by atoms with E-state index in [1.54, 1.807) is 36.4 Å². The van der Waals surface area contributed by atoms with Crippen molar-refractivity contribution in [2.24, 2.45) is 0 Å². The Morgan fingerprint density at radius 3 is 2.28 bits per heavy atom. The number of para-hydroxylation sites is 1. The van der Waals surface area contributed by atoms with Crippen molar-refractivity contribution >= 4 is 17.4 Å². The fraction of sp³-hybridized carbons (Fsp3) is 0.0667. The maximum atomic E-state index is 12.4. The molecule has 0 unspecified atom stereocenters. The number of Topliss-reactive ketones (excluding diaryl/α,β-unsaturated/α-hetero) is 1. The minimum atomic E-state index is -0.735. The molecule has 3 heteroatoms. The lowest BCUT2D eigenvalue weighted by Gasteiger charge is -2.23. The number of carbonyl (C=O) groups is 2. The number of nitrogens with one attached hydrogen (secondary N) is 1. The van der Waals surface area contributed by atoms with Crippen LogP contribution in [0.1, 0.15) is 21.8 Å². The number of amides is 1. The Kier molecular flexibility index (Phi) is 2.45. The van der Waals surface area contributed by atoms with Crippen molar-refractivity contribution in [2.45, 2.75) is 5.92 Å². The van der Waals surface area contributed by atoms with E-state index >= 15 is 0 Å². The molecule has 0 aromatic heterocycles. The fourth-order valence-electron chi connectivity index (χ4n) is 2.23. The van der Waals surface area contributed by atoms with E-state index in [1.165, 1.54) is 0 Å². The normalized spacial score (nSPS) is 18.1. The van der Waals surface area contributed by atoms with Crippen LogP contribution in [0.4, 0.5) is 5.69 Å². The molecule has 2 aromatic rings. The van der Waals surface area contributed by atoms with Gasteiger partial charge in [0.05, 0.1) is 5.69 Å². The summed E-state index contributed by atoms with van der Waals surface area (Å²) in [5.74, 6) is -1.13. The van der Waals surface area contributed by atoms with Crippen molar-refractivity contribution in [2.75, 3.05) is 5.32 Å². The van der Waals surface area contributed by atoms with Gasteiger partial charge in [-0.15, -0.1) is 0 Å². The Balaban J connectivity index is 2.09. The summed E-state index contributed by atoms with van der Waals surface area (Å²) in [5, 5.41) is 2.78. The molecule has 3 nitrogen and oxygen atoms in total. The molecule has 0 saturated carbocycles. The van der Waals surface area contributed by atoms with E-state index in [-0.39, 0.29) is 11.7 Å². The summed E-state index contributed by atoms with van der Waals surface area (Å²) in [6, 6.07) is 16.2. The van der Waals surface area contributed by atoms with Gasteiger partial charge in [0, 0.05) is 5.56 Å². The molecule has 0 fully saturated rings. The molecule has 88 valence electrons. The van der Waals surface area contributed by atoms with E-state index in [2.05, 4.69) is 5.32 Å². The number of fused-ring (bicyclic) bond motifs is 1. The largest absolute Gasteiger partial charge is 0.324 e. The van der Waals surface area contributed by atoms with Gasteiger partial charge in [-0.3, -0.25) is 9.59 Å². The molecule has 1 atom stereocenters. The monoisotopic (exact) mass is 237 g/mol. The molecule has 0 bridgehead atoms. The summed E-state index contributed by atoms with van der Waals surface area (Å²) in [5.41, 5.74) is 1.90. The highest BCUT2D eigenvalue weighted by atomic mass is 16.2. The zero-order valence-corrected chi connectivity index (χ0v) is 9.59. The van der Waals surface area contributed by atoms with Crippen molar-refractivity contribution in [3.05, 3.63) is 65.7 Å². The number of rotatable bonds is 1. The number of carbonyl (C=O) groups excluding carboxylic acids is 2. The van der Waals surface area contributed by atoms with Gasteiger partial charge in [-0.25, -0.2) is 0 Å². The molecular weight excluding hydrogens is 226 g/mol. The third-order valence-corrected chi connectivity index (χ3v) is 3.11. The van der Waals surface area contributed by atoms with E-state index in [1.807, 2.05) is 18.2 Å². The molecular formula is C15H11NO2. The molecule has 1 heterocycles. The minimum absolute atomic E-state index is 0.138. The summed E-state index contributed by atoms with van der Waals surface area (Å²) in [7, 11) is 0. The van der Waals surface area contributed by atoms with Crippen LogP contribution in [0, 0.1) is 0 Å². The van der Waals surface area contributed by atoms with Gasteiger partial charge >= 0.3 is 0 Å². The molecule has 1 aliphatic heterocycles. The average molecular weight is 237 g/mol. The minimum Gasteiger partial charge on any atom is -0.324 e. The molecule has 0 radical (unpaired) electrons. The zero-order valence-electron chi connectivity index (χ0n) is 9.59. The summed E-state index contributed by atoms with van der Waals surface area (Å²) in [6.07, 6.45) is 0. The Bertz CT molecular complexity index is 619. The van der Waals surface area contributed by atoms with Crippen LogP contribution >= 0.6 is 0 Å². The first-order valence-electron chi connectivity index (χ1n) is 5.76. The standard InChI is InChI=1S/C15H11NO2/c17-14-11-8-4-5-9-12(11)16-15(18)13(14)10-6-2-1-3-7-10/h1-9,13H,(H,16,18)/t13-/m0/s1. The summed E-state index contributed by atoms with van der Waals surface area (Å²) < 4.78 is 0. The molecule has 1 amide bonds. The van der Waals surface area contributed by atoms with Crippen LogP contribution in [-0.2, 0) is 4.79 Å². The average Bonchev–Trinajstić information content (AvgIpc) is 2.40. The quantitative estimate of drug-likeness (QED) is 0.775. The number of benzene rings is 2. The zero-order chi connectivity index (χ0) is 12.5. The maximum Gasteiger partial charge on any atom is 0.239 e. The third kappa shape index (κ3) is 1.61. The van der Waals surface area contributed by atoms with Crippen LogP contribution in [0.3, 0.4) is 0 Å². The van der Waals surface area contributed by atoms with Crippen LogP contribution in [0.15, 0.2) is 54.6 Å². The lowest BCUT2D eigenvalue weighted by Crippen LogP contribution is -2.33. The van der Waals surface area contributed by atoms with Crippen molar-refractivity contribution in [3.8, 4) is 0 Å². The van der Waals surface area contributed by atoms with Gasteiger partial charge < -0.3 is 5.32 Å². The molecule has 0 aliphatic carbocycles. The van der Waals surface area contributed by atoms with Crippen molar-refractivity contribution in [1.82, 2.24) is 0 Å². The van der Waals surface area contributed by atoms with Gasteiger partial charge in [0.1, 0.15) is 5.92 Å². The Hall–Kier alpha value is -2.42. The fourth-order valence-corrected chi connectivity index (χ4v) is 2.23. The Morgan fingerprint density at radius 1 is 0.833 bits per heavy atom. The SMILES string of the molecule is O=C1Nc2ccccc2C(=O)[C@@H]1c1ccccc1. The predicted molar refractivity (Wildman–Crippen MR) is 68.6 cm³/mol. The van der Waals surface area contributed by atoms with Gasteiger partial charge in [-0.2, -0.15) is 0 Å². The summed E-state index contributed by atoms with van der Waals surface area (Å²) >= 11 is 0. The van der Waals surface area contributed by atoms with Crippen molar-refractivity contribution in [1.29, 1.82) is 0 Å². The summed E-state index contributed by atoms with van der Waals surface area (Å²) in [4.78, 5) is 24.4. The molecule has 0 saturated heterocycles. The topological polar surface area (TPSA) is 46.2 Å². The first-order chi connectivity index (χ1) is 8.77. The van der Waals surface area contributed by atoms with Crippen LogP contribution in [-0.4, -0.2) is 11.7 Å². The van der Waals surface area contributed by atoms with Crippen molar-refractivity contribution in [3.63, 3.8) is 0 Å². The van der Waals surface area contributed by atoms with Gasteiger partial charge in [0.25, 0.3) is 0 Å².